The van der Waals surface area contributed by atoms with E-state index in [1.807, 2.05) is 128 Å². The van der Waals surface area contributed by atoms with Crippen molar-refractivity contribution in [2.75, 3.05) is 20.3 Å². The molecule has 4 saturated heterocycles. The Morgan fingerprint density at radius 2 is 1.19 bits per heavy atom. The number of hydrogen-bond donors (Lipinski definition) is 3. The van der Waals surface area contributed by atoms with Gasteiger partial charge in [0, 0.05) is 32.9 Å². The minimum absolute atomic E-state index is 0.0133. The van der Waals surface area contributed by atoms with Gasteiger partial charge in [-0.25, -0.2) is 0 Å². The first-order valence-electron chi connectivity index (χ1n) is 22.9. The van der Waals surface area contributed by atoms with Crippen LogP contribution >= 0.6 is 0 Å². The largest absolute Gasteiger partial charge is 0.388 e. The maximum Gasteiger partial charge on any atom is 0.217 e. The van der Waals surface area contributed by atoms with Crippen LogP contribution < -0.4 is 10.6 Å². The Kier molecular flexibility index (Phi) is 17.2. The van der Waals surface area contributed by atoms with E-state index in [0.29, 0.717) is 6.61 Å². The van der Waals surface area contributed by atoms with Gasteiger partial charge in [-0.3, -0.25) is 9.59 Å². The van der Waals surface area contributed by atoms with Crippen LogP contribution in [-0.2, 0) is 81.5 Å². The first-order valence-corrected chi connectivity index (χ1v) is 22.9. The lowest BCUT2D eigenvalue weighted by atomic mass is 9.93. The molecule has 67 heavy (non-hydrogen) atoms. The van der Waals surface area contributed by atoms with Crippen molar-refractivity contribution >= 4 is 11.8 Å². The van der Waals surface area contributed by atoms with Crippen molar-refractivity contribution in [3.8, 4) is 0 Å². The number of carbonyl (C=O) groups excluding carboxylic acids is 2. The minimum atomic E-state index is -1.28. The summed E-state index contributed by atoms with van der Waals surface area (Å²) in [6.45, 7) is 5.46. The van der Waals surface area contributed by atoms with Gasteiger partial charge < -0.3 is 67.8 Å². The van der Waals surface area contributed by atoms with Gasteiger partial charge in [-0.05, 0) is 23.6 Å². The van der Waals surface area contributed by atoms with Crippen molar-refractivity contribution in [3.63, 3.8) is 0 Å². The predicted molar refractivity (Wildman–Crippen MR) is 240 cm³/mol. The van der Waals surface area contributed by atoms with Gasteiger partial charge >= 0.3 is 0 Å². The first kappa shape index (κ1) is 48.8. The molecule has 4 aliphatic rings. The molecule has 0 radical (unpaired) electrons. The van der Waals surface area contributed by atoms with E-state index in [9.17, 15) is 14.7 Å². The van der Waals surface area contributed by atoms with Crippen LogP contribution in [0.4, 0.5) is 0 Å². The number of ether oxygens (including phenoxy) is 11. The summed E-state index contributed by atoms with van der Waals surface area (Å²) in [6.07, 6.45) is -11.6. The molecule has 4 fully saturated rings. The number of methoxy groups -OCH3 is 1. The van der Waals surface area contributed by atoms with Gasteiger partial charge in [-0.2, -0.15) is 0 Å². The molecule has 360 valence electrons. The number of benzene rings is 4. The molecule has 4 aliphatic heterocycles. The van der Waals surface area contributed by atoms with Gasteiger partial charge in [0.15, 0.2) is 25.2 Å². The van der Waals surface area contributed by atoms with Gasteiger partial charge in [0.05, 0.1) is 45.2 Å². The summed E-state index contributed by atoms with van der Waals surface area (Å²) in [6, 6.07) is 36.6. The molecule has 2 amide bonds. The topological polar surface area (TPSA) is 180 Å². The van der Waals surface area contributed by atoms with Crippen LogP contribution in [0.1, 0.15) is 55.7 Å². The Morgan fingerprint density at radius 3 is 1.79 bits per heavy atom. The second-order valence-electron chi connectivity index (χ2n) is 17.3. The van der Waals surface area contributed by atoms with Gasteiger partial charge in [-0.15, -0.1) is 0 Å². The minimum Gasteiger partial charge on any atom is -0.388 e. The molecule has 0 aromatic heterocycles. The van der Waals surface area contributed by atoms with E-state index in [1.54, 1.807) is 0 Å². The third-order valence-electron chi connectivity index (χ3n) is 12.3. The van der Waals surface area contributed by atoms with E-state index in [-0.39, 0.29) is 38.8 Å². The number of rotatable bonds is 18. The molecule has 0 unspecified atom stereocenters. The van der Waals surface area contributed by atoms with Crippen LogP contribution in [0.3, 0.4) is 0 Å². The van der Waals surface area contributed by atoms with Crippen LogP contribution in [-0.4, -0.2) is 123 Å². The third kappa shape index (κ3) is 12.7. The third-order valence-corrected chi connectivity index (χ3v) is 12.3. The highest BCUT2D eigenvalue weighted by Crippen LogP contribution is 2.39. The molecule has 8 rings (SSSR count). The van der Waals surface area contributed by atoms with Crippen LogP contribution in [0.5, 0.6) is 0 Å². The maximum atomic E-state index is 13.3. The number of nitrogens with one attached hydrogen (secondary N) is 2. The molecule has 4 aromatic rings. The average Bonchev–Trinajstić information content (AvgIpc) is 3.34. The number of hydrogen-bond acceptors (Lipinski definition) is 14. The predicted octanol–water partition coefficient (Wildman–Crippen LogP) is 4.86. The lowest BCUT2D eigenvalue weighted by Gasteiger charge is -2.52. The second-order valence-corrected chi connectivity index (χ2v) is 17.3. The SMILES string of the molecule is CO[C@@H]1O[C@H](COCc2ccccc2)[C@@H](O[C@@H]2O[C@@H]3CO[C@H](c4ccccc4)O[C@@H]3[C@H](O[C@@H]3O[C@H](C)[C@@H](OCc4ccccc4)C[C@H]3O)[C@H]2NC(C)=O)[C@H](OCc2ccccc2)[C@H]1NC(C)=O. The van der Waals surface area contributed by atoms with Crippen LogP contribution in [0, 0.1) is 0 Å². The number of aliphatic hydroxyl groups excluding tert-OH is 1. The fourth-order valence-electron chi connectivity index (χ4n) is 8.99. The van der Waals surface area contributed by atoms with Crippen molar-refractivity contribution in [2.45, 2.75) is 139 Å². The lowest BCUT2D eigenvalue weighted by molar-refractivity contribution is -0.386. The first-order chi connectivity index (χ1) is 32.6. The van der Waals surface area contributed by atoms with E-state index in [0.717, 1.165) is 22.3 Å². The molecular weight excluding hydrogens is 865 g/mol. The summed E-state index contributed by atoms with van der Waals surface area (Å²) in [7, 11) is 1.49. The Balaban J connectivity index is 1.11. The molecule has 0 saturated carbocycles. The second kappa shape index (κ2) is 23.6. The van der Waals surface area contributed by atoms with Crippen molar-refractivity contribution in [1.29, 1.82) is 0 Å². The smallest absolute Gasteiger partial charge is 0.217 e. The zero-order chi connectivity index (χ0) is 46.7. The summed E-state index contributed by atoms with van der Waals surface area (Å²) in [5.74, 6) is -0.760. The Bertz CT molecular complexity index is 2130. The number of aliphatic hydroxyl groups is 1. The van der Waals surface area contributed by atoms with Crippen LogP contribution in [0.25, 0.3) is 0 Å². The molecule has 0 aliphatic carbocycles. The quantitative estimate of drug-likeness (QED) is 0.123. The molecule has 16 nitrogen and oxygen atoms in total. The lowest BCUT2D eigenvalue weighted by Crippen LogP contribution is -2.71. The zero-order valence-corrected chi connectivity index (χ0v) is 38.2. The number of amides is 2. The zero-order valence-electron chi connectivity index (χ0n) is 38.2. The molecule has 0 bridgehead atoms. The highest BCUT2D eigenvalue weighted by atomic mass is 16.8. The Morgan fingerprint density at radius 1 is 0.642 bits per heavy atom. The Hall–Kier alpha value is -4.66. The summed E-state index contributed by atoms with van der Waals surface area (Å²) < 4.78 is 71.8. The molecule has 15 atom stereocenters. The highest BCUT2D eigenvalue weighted by Gasteiger charge is 2.56. The van der Waals surface area contributed by atoms with Crippen molar-refractivity contribution in [1.82, 2.24) is 10.6 Å². The van der Waals surface area contributed by atoms with Crippen molar-refractivity contribution in [3.05, 3.63) is 144 Å². The molecule has 3 N–H and O–H groups in total. The summed E-state index contributed by atoms with van der Waals surface area (Å²) in [5.41, 5.74) is 3.58. The van der Waals surface area contributed by atoms with E-state index < -0.39 is 98.1 Å². The van der Waals surface area contributed by atoms with Crippen LogP contribution in [0.2, 0.25) is 0 Å². The molecule has 16 heteroatoms. The average molecular weight is 927 g/mol. The fraction of sp³-hybridized carbons (Fsp3) is 0.490. The normalized spacial score (nSPS) is 33.0. The fourth-order valence-corrected chi connectivity index (χ4v) is 8.99. The highest BCUT2D eigenvalue weighted by molar-refractivity contribution is 5.73. The van der Waals surface area contributed by atoms with E-state index >= 15 is 0 Å². The monoisotopic (exact) mass is 926 g/mol. The number of carbonyl (C=O) groups is 2. The number of fused-ring (bicyclic) bond motifs is 1. The summed E-state index contributed by atoms with van der Waals surface area (Å²) in [4.78, 5) is 26.2. The summed E-state index contributed by atoms with van der Waals surface area (Å²) >= 11 is 0. The van der Waals surface area contributed by atoms with Crippen molar-refractivity contribution < 1.29 is 66.8 Å². The standard InChI is InChI=1S/C51H62N2O14/c1-31-39(59-27-35-19-11-6-12-20-35)25-38(56)49(62-31)67-47-43(53-33(3)55)51(64-41-30-61-48(65-45(41)47)37-23-15-8-16-24-37)66-44-40(29-58-26-34-17-9-5-10-18-34)63-50(57-4)42(52-32(2)54)46(44)60-28-36-21-13-7-14-22-36/h5-24,31,38-51,56H,25-30H2,1-4H3,(H,52,54)(H,53,55)/t31-,38-,39+,40-,41-,42-,43-,44-,45+,46-,47-,48+,49+,50-,51+/m1/s1. The van der Waals surface area contributed by atoms with E-state index in [4.69, 9.17) is 52.1 Å². The van der Waals surface area contributed by atoms with Crippen molar-refractivity contribution in [2.24, 2.45) is 0 Å². The molecule has 0 spiro atoms. The van der Waals surface area contributed by atoms with Gasteiger partial charge in [0.2, 0.25) is 11.8 Å². The van der Waals surface area contributed by atoms with Gasteiger partial charge in [-0.1, -0.05) is 121 Å². The van der Waals surface area contributed by atoms with E-state index in [1.165, 1.54) is 21.0 Å². The molecule has 4 heterocycles. The van der Waals surface area contributed by atoms with E-state index in [2.05, 4.69) is 10.6 Å². The summed E-state index contributed by atoms with van der Waals surface area (Å²) in [5, 5.41) is 17.7. The maximum absolute atomic E-state index is 13.3. The van der Waals surface area contributed by atoms with Gasteiger partial charge in [0.25, 0.3) is 0 Å². The molecular formula is C51H62N2O14. The van der Waals surface area contributed by atoms with Gasteiger partial charge in [0.1, 0.15) is 54.8 Å². The Labute approximate surface area is 391 Å². The van der Waals surface area contributed by atoms with Crippen LogP contribution in [0.15, 0.2) is 121 Å². The molecule has 4 aromatic carbocycles.